The highest BCUT2D eigenvalue weighted by atomic mass is 16.5. The molecule has 0 saturated heterocycles. The van der Waals surface area contributed by atoms with E-state index in [1.807, 2.05) is 12.1 Å². The first-order valence-electron chi connectivity index (χ1n) is 6.79. The maximum Gasteiger partial charge on any atom is 0.161 e. The van der Waals surface area contributed by atoms with Gasteiger partial charge in [-0.25, -0.2) is 0 Å². The molecule has 0 radical (unpaired) electrons. The van der Waals surface area contributed by atoms with Crippen LogP contribution in [0.5, 0.6) is 11.5 Å². The first-order valence-corrected chi connectivity index (χ1v) is 6.79. The molecule has 0 bridgehead atoms. The van der Waals surface area contributed by atoms with Gasteiger partial charge in [-0.3, -0.25) is 0 Å². The lowest BCUT2D eigenvalue weighted by Crippen LogP contribution is -2.12. The van der Waals surface area contributed by atoms with E-state index in [4.69, 9.17) is 15.2 Å². The van der Waals surface area contributed by atoms with Crippen molar-refractivity contribution in [3.05, 3.63) is 23.8 Å². The van der Waals surface area contributed by atoms with E-state index >= 15 is 0 Å². The molecule has 100 valence electrons. The number of hydrogen-bond acceptors (Lipinski definition) is 3. The van der Waals surface area contributed by atoms with Crippen molar-refractivity contribution in [2.45, 2.75) is 44.6 Å². The molecule has 1 fully saturated rings. The molecule has 1 unspecified atom stereocenters. The summed E-state index contributed by atoms with van der Waals surface area (Å²) in [4.78, 5) is 0. The van der Waals surface area contributed by atoms with Crippen molar-refractivity contribution >= 4 is 0 Å². The highest BCUT2D eigenvalue weighted by molar-refractivity contribution is 5.44. The second kappa shape index (κ2) is 6.10. The topological polar surface area (TPSA) is 44.5 Å². The Balaban J connectivity index is 2.14. The molecule has 3 nitrogen and oxygen atoms in total. The lowest BCUT2D eigenvalue weighted by Gasteiger charge is -2.18. The molecule has 2 N–H and O–H groups in total. The maximum atomic E-state index is 6.01. The number of benzene rings is 1. The van der Waals surface area contributed by atoms with Gasteiger partial charge in [-0.1, -0.05) is 13.0 Å². The quantitative estimate of drug-likeness (QED) is 0.872. The normalized spacial score (nSPS) is 17.7. The monoisotopic (exact) mass is 249 g/mol. The lowest BCUT2D eigenvalue weighted by molar-refractivity contribution is 0.200. The molecule has 1 atom stereocenters. The van der Waals surface area contributed by atoms with Gasteiger partial charge in [0.15, 0.2) is 11.5 Å². The van der Waals surface area contributed by atoms with Crippen LogP contribution in [0.25, 0.3) is 0 Å². The molecule has 2 rings (SSSR count). The fourth-order valence-electron chi connectivity index (χ4n) is 2.41. The average Bonchev–Trinajstić information content (AvgIpc) is 2.91. The van der Waals surface area contributed by atoms with Crippen LogP contribution in [0.4, 0.5) is 0 Å². The smallest absolute Gasteiger partial charge is 0.161 e. The minimum Gasteiger partial charge on any atom is -0.493 e. The van der Waals surface area contributed by atoms with E-state index in [1.54, 1.807) is 7.11 Å². The van der Waals surface area contributed by atoms with Crippen molar-refractivity contribution in [1.82, 2.24) is 0 Å². The molecular weight excluding hydrogens is 226 g/mol. The number of methoxy groups -OCH3 is 1. The fourth-order valence-corrected chi connectivity index (χ4v) is 2.41. The maximum absolute atomic E-state index is 6.01. The molecule has 18 heavy (non-hydrogen) atoms. The summed E-state index contributed by atoms with van der Waals surface area (Å²) in [6.45, 7) is 2.76. The zero-order valence-corrected chi connectivity index (χ0v) is 11.3. The number of rotatable bonds is 5. The van der Waals surface area contributed by atoms with Crippen LogP contribution in [0, 0.1) is 0 Å². The first-order chi connectivity index (χ1) is 8.74. The van der Waals surface area contributed by atoms with Crippen LogP contribution in [-0.4, -0.2) is 19.8 Å². The van der Waals surface area contributed by atoms with E-state index in [-0.39, 0.29) is 0 Å². The van der Waals surface area contributed by atoms with E-state index in [9.17, 15) is 0 Å². The van der Waals surface area contributed by atoms with Crippen molar-refractivity contribution in [3.8, 4) is 11.5 Å². The third-order valence-corrected chi connectivity index (χ3v) is 3.71. The molecule has 1 aliphatic carbocycles. The number of ether oxygens (including phenoxy) is 2. The molecule has 0 amide bonds. The average molecular weight is 249 g/mol. The van der Waals surface area contributed by atoms with Crippen molar-refractivity contribution < 1.29 is 9.47 Å². The van der Waals surface area contributed by atoms with Crippen LogP contribution in [0.1, 0.15) is 44.1 Å². The third-order valence-electron chi connectivity index (χ3n) is 3.71. The van der Waals surface area contributed by atoms with Gasteiger partial charge in [0.05, 0.1) is 13.2 Å². The summed E-state index contributed by atoms with van der Waals surface area (Å²) in [7, 11) is 1.69. The van der Waals surface area contributed by atoms with Crippen LogP contribution < -0.4 is 15.2 Å². The molecule has 0 heterocycles. The molecule has 1 aromatic rings. The van der Waals surface area contributed by atoms with Crippen LogP contribution in [-0.2, 0) is 0 Å². The third kappa shape index (κ3) is 2.96. The first kappa shape index (κ1) is 13.2. The summed E-state index contributed by atoms with van der Waals surface area (Å²) in [5, 5.41) is 0. The zero-order chi connectivity index (χ0) is 13.0. The van der Waals surface area contributed by atoms with Crippen molar-refractivity contribution in [2.24, 2.45) is 5.73 Å². The van der Waals surface area contributed by atoms with Gasteiger partial charge < -0.3 is 15.2 Å². The van der Waals surface area contributed by atoms with Crippen LogP contribution in [0.3, 0.4) is 0 Å². The van der Waals surface area contributed by atoms with E-state index in [1.165, 1.54) is 18.4 Å². The van der Waals surface area contributed by atoms with E-state index < -0.39 is 0 Å². The summed E-state index contributed by atoms with van der Waals surface area (Å²) < 4.78 is 11.4. The number of nitrogens with two attached hydrogens (primary N) is 1. The van der Waals surface area contributed by atoms with E-state index in [0.29, 0.717) is 18.6 Å². The molecule has 3 heteroatoms. The molecule has 0 aromatic heterocycles. The summed E-state index contributed by atoms with van der Waals surface area (Å²) in [6, 6.07) is 6.14. The van der Waals surface area contributed by atoms with Gasteiger partial charge in [0.1, 0.15) is 0 Å². The van der Waals surface area contributed by atoms with Crippen molar-refractivity contribution in [3.63, 3.8) is 0 Å². The summed E-state index contributed by atoms with van der Waals surface area (Å²) in [5.41, 5.74) is 6.90. The molecule has 0 aliphatic heterocycles. The lowest BCUT2D eigenvalue weighted by atomic mass is 10.0. The molecule has 1 aromatic carbocycles. The Morgan fingerprint density at radius 2 is 2.00 bits per heavy atom. The predicted molar refractivity (Wildman–Crippen MR) is 73.3 cm³/mol. The largest absolute Gasteiger partial charge is 0.493 e. The minimum atomic E-state index is 0.347. The van der Waals surface area contributed by atoms with Gasteiger partial charge in [-0.15, -0.1) is 0 Å². The van der Waals surface area contributed by atoms with Gasteiger partial charge in [0.25, 0.3) is 0 Å². The van der Waals surface area contributed by atoms with E-state index in [2.05, 4.69) is 13.0 Å². The Labute approximate surface area is 109 Å². The number of hydrogen-bond donors (Lipinski definition) is 1. The SMILES string of the molecule is COc1cc(C(C)CN)ccc1OC1CCCC1. The molecule has 0 spiro atoms. The minimum absolute atomic E-state index is 0.347. The van der Waals surface area contributed by atoms with Gasteiger partial charge in [-0.2, -0.15) is 0 Å². The highest BCUT2D eigenvalue weighted by Gasteiger charge is 2.18. The second-order valence-corrected chi connectivity index (χ2v) is 5.07. The van der Waals surface area contributed by atoms with Crippen LogP contribution in [0.2, 0.25) is 0 Å². The molecule has 1 saturated carbocycles. The van der Waals surface area contributed by atoms with Gasteiger partial charge in [0.2, 0.25) is 0 Å². The fraction of sp³-hybridized carbons (Fsp3) is 0.600. The Morgan fingerprint density at radius 3 is 2.61 bits per heavy atom. The van der Waals surface area contributed by atoms with Crippen molar-refractivity contribution in [2.75, 3.05) is 13.7 Å². The summed E-state index contributed by atoms with van der Waals surface area (Å²) >= 11 is 0. The zero-order valence-electron chi connectivity index (χ0n) is 11.3. The van der Waals surface area contributed by atoms with Crippen LogP contribution in [0.15, 0.2) is 18.2 Å². The summed E-state index contributed by atoms with van der Waals surface area (Å²) in [5.74, 6) is 2.02. The van der Waals surface area contributed by atoms with Crippen molar-refractivity contribution in [1.29, 1.82) is 0 Å². The Hall–Kier alpha value is -1.22. The highest BCUT2D eigenvalue weighted by Crippen LogP contribution is 2.33. The molecular formula is C15H23NO2. The van der Waals surface area contributed by atoms with Crippen LogP contribution >= 0.6 is 0 Å². The Bertz CT molecular complexity index is 386. The van der Waals surface area contributed by atoms with Gasteiger partial charge >= 0.3 is 0 Å². The Kier molecular flexibility index (Phi) is 4.48. The predicted octanol–water partition coefficient (Wildman–Crippen LogP) is 3.08. The van der Waals surface area contributed by atoms with Gasteiger partial charge in [0, 0.05) is 0 Å². The van der Waals surface area contributed by atoms with Gasteiger partial charge in [-0.05, 0) is 55.8 Å². The molecule has 1 aliphatic rings. The van der Waals surface area contributed by atoms with E-state index in [0.717, 1.165) is 24.3 Å². The second-order valence-electron chi connectivity index (χ2n) is 5.07. The summed E-state index contributed by atoms with van der Waals surface area (Å²) in [6.07, 6.45) is 5.22. The standard InChI is InChI=1S/C15H23NO2/c1-11(10-16)12-7-8-14(15(9-12)17-2)18-13-5-3-4-6-13/h7-9,11,13H,3-6,10,16H2,1-2H3. The Morgan fingerprint density at radius 1 is 1.28 bits per heavy atom.